The fourth-order valence-corrected chi connectivity index (χ4v) is 8.28. The van der Waals surface area contributed by atoms with E-state index in [9.17, 15) is 0 Å². The van der Waals surface area contributed by atoms with Gasteiger partial charge in [-0.05, 0) is 91.3 Å². The normalized spacial score (nSPS) is 57.8. The van der Waals surface area contributed by atoms with Crippen molar-refractivity contribution in [2.45, 2.75) is 91.9 Å². The Kier molecular flexibility index (Phi) is 3.70. The van der Waals surface area contributed by atoms with Gasteiger partial charge in [0.25, 0.3) is 0 Å². The highest BCUT2D eigenvalue weighted by Crippen LogP contribution is 2.68. The molecular weight excluding hydrogens is 264 g/mol. The van der Waals surface area contributed by atoms with Crippen LogP contribution >= 0.6 is 0 Å². The Morgan fingerprint density at radius 2 is 1.59 bits per heavy atom. The second kappa shape index (κ2) is 5.25. The summed E-state index contributed by atoms with van der Waals surface area (Å²) in [5, 5.41) is 0. The van der Waals surface area contributed by atoms with Crippen LogP contribution in [0.15, 0.2) is 0 Å². The smallest absolute Gasteiger partial charge is 0.0264 e. The molecule has 0 radical (unpaired) electrons. The Bertz CT molecular complexity index is 426. The van der Waals surface area contributed by atoms with Gasteiger partial charge >= 0.3 is 0 Å². The van der Waals surface area contributed by atoms with Gasteiger partial charge in [0, 0.05) is 0 Å². The molecule has 4 rings (SSSR count). The maximum atomic E-state index is 2.73. The van der Waals surface area contributed by atoms with Crippen LogP contribution in [0.2, 0.25) is 0 Å². The number of hydrogen-bond donors (Lipinski definition) is 0. The second-order valence-corrected chi connectivity index (χ2v) is 10.2. The monoisotopic (exact) mass is 302 g/mol. The lowest BCUT2D eigenvalue weighted by Gasteiger charge is -2.62. The Morgan fingerprint density at radius 3 is 2.36 bits per heavy atom. The van der Waals surface area contributed by atoms with E-state index in [2.05, 4.69) is 27.7 Å². The predicted octanol–water partition coefficient (Wildman–Crippen LogP) is 6.69. The lowest BCUT2D eigenvalue weighted by Crippen LogP contribution is -2.55. The quantitative estimate of drug-likeness (QED) is 0.506. The van der Waals surface area contributed by atoms with Crippen molar-refractivity contribution in [3.63, 3.8) is 0 Å². The molecule has 4 aliphatic carbocycles. The van der Waals surface area contributed by atoms with Crippen molar-refractivity contribution in [2.75, 3.05) is 0 Å². The minimum Gasteiger partial charge on any atom is -0.0651 e. The third-order valence-corrected chi connectivity index (χ3v) is 9.75. The molecule has 22 heavy (non-hydrogen) atoms. The van der Waals surface area contributed by atoms with E-state index in [-0.39, 0.29) is 0 Å². The molecule has 0 aromatic carbocycles. The maximum Gasteiger partial charge on any atom is -0.0264 e. The summed E-state index contributed by atoms with van der Waals surface area (Å²) in [5.41, 5.74) is 1.40. The van der Waals surface area contributed by atoms with E-state index in [4.69, 9.17) is 0 Å². The average molecular weight is 303 g/mol. The molecule has 0 saturated heterocycles. The van der Waals surface area contributed by atoms with Crippen LogP contribution in [0.5, 0.6) is 0 Å². The molecule has 8 atom stereocenters. The molecule has 4 saturated carbocycles. The third-order valence-electron chi connectivity index (χ3n) is 9.75. The van der Waals surface area contributed by atoms with E-state index in [1.54, 1.807) is 38.5 Å². The van der Waals surface area contributed by atoms with Crippen molar-refractivity contribution in [3.8, 4) is 0 Å². The van der Waals surface area contributed by atoms with Gasteiger partial charge in [-0.15, -0.1) is 0 Å². The van der Waals surface area contributed by atoms with Crippen LogP contribution in [0.4, 0.5) is 0 Å². The van der Waals surface area contributed by atoms with E-state index in [0.717, 1.165) is 35.5 Å². The molecule has 4 aliphatic rings. The first-order chi connectivity index (χ1) is 10.5. The van der Waals surface area contributed by atoms with E-state index >= 15 is 0 Å². The van der Waals surface area contributed by atoms with Gasteiger partial charge in [-0.25, -0.2) is 0 Å². The summed E-state index contributed by atoms with van der Waals surface area (Å²) >= 11 is 0. The Balaban J connectivity index is 1.69. The first-order valence-electron chi connectivity index (χ1n) is 10.5. The van der Waals surface area contributed by atoms with Crippen molar-refractivity contribution in [2.24, 2.45) is 46.3 Å². The van der Waals surface area contributed by atoms with E-state index in [0.29, 0.717) is 10.8 Å². The molecule has 2 unspecified atom stereocenters. The van der Waals surface area contributed by atoms with Gasteiger partial charge in [0.1, 0.15) is 0 Å². The van der Waals surface area contributed by atoms with Gasteiger partial charge < -0.3 is 0 Å². The summed E-state index contributed by atoms with van der Waals surface area (Å²) in [6.07, 6.45) is 15.3. The van der Waals surface area contributed by atoms with Crippen LogP contribution in [0, 0.1) is 46.3 Å². The molecule has 0 spiro atoms. The number of hydrogen-bond acceptors (Lipinski definition) is 0. The predicted molar refractivity (Wildman–Crippen MR) is 94.7 cm³/mol. The molecule has 0 bridgehead atoms. The summed E-state index contributed by atoms with van der Waals surface area (Å²) in [6, 6.07) is 0. The molecule has 0 aliphatic heterocycles. The van der Waals surface area contributed by atoms with Gasteiger partial charge in [-0.2, -0.15) is 0 Å². The van der Waals surface area contributed by atoms with Crippen LogP contribution < -0.4 is 0 Å². The molecule has 0 heteroatoms. The highest BCUT2D eigenvalue weighted by atomic mass is 14.6. The molecule has 0 aromatic heterocycles. The molecule has 4 fully saturated rings. The topological polar surface area (TPSA) is 0 Å². The molecule has 0 heterocycles. The molecule has 0 nitrogen and oxygen atoms in total. The van der Waals surface area contributed by atoms with Crippen molar-refractivity contribution >= 4 is 0 Å². The van der Waals surface area contributed by atoms with Gasteiger partial charge in [0.2, 0.25) is 0 Å². The van der Waals surface area contributed by atoms with Crippen LogP contribution in [-0.4, -0.2) is 0 Å². The van der Waals surface area contributed by atoms with Crippen LogP contribution in [0.3, 0.4) is 0 Å². The second-order valence-electron chi connectivity index (χ2n) is 10.2. The van der Waals surface area contributed by atoms with Crippen molar-refractivity contribution < 1.29 is 0 Å². The highest BCUT2D eigenvalue weighted by molar-refractivity contribution is 5.09. The fourth-order valence-electron chi connectivity index (χ4n) is 8.28. The van der Waals surface area contributed by atoms with Crippen molar-refractivity contribution in [1.82, 2.24) is 0 Å². The minimum atomic E-state index is 0.692. The largest absolute Gasteiger partial charge is 0.0651 e. The minimum absolute atomic E-state index is 0.692. The van der Waals surface area contributed by atoms with Crippen LogP contribution in [0.25, 0.3) is 0 Å². The molecule has 0 amide bonds. The van der Waals surface area contributed by atoms with Gasteiger partial charge in [0.05, 0.1) is 0 Å². The molecular formula is C22H38. The first-order valence-corrected chi connectivity index (χ1v) is 10.5. The average Bonchev–Trinajstić information content (AvgIpc) is 2.82. The SMILES string of the molecule is CCC1C[C@H]2[C@@H]3CC[C@@H](C)[C@@]3(C)CC[C@@H]2[C@@]2(C)CCCCC12. The van der Waals surface area contributed by atoms with Crippen LogP contribution in [-0.2, 0) is 0 Å². The maximum absolute atomic E-state index is 2.73. The van der Waals surface area contributed by atoms with Crippen molar-refractivity contribution in [3.05, 3.63) is 0 Å². The fraction of sp³-hybridized carbons (Fsp3) is 1.00. The summed E-state index contributed by atoms with van der Waals surface area (Å²) in [6.45, 7) is 10.4. The molecule has 0 aromatic rings. The zero-order valence-corrected chi connectivity index (χ0v) is 15.5. The third kappa shape index (κ3) is 1.94. The summed E-state index contributed by atoms with van der Waals surface area (Å²) < 4.78 is 0. The lowest BCUT2D eigenvalue weighted by atomic mass is 9.42. The van der Waals surface area contributed by atoms with E-state index in [1.807, 2.05) is 0 Å². The zero-order valence-electron chi connectivity index (χ0n) is 15.5. The Labute approximate surface area is 138 Å². The Morgan fingerprint density at radius 1 is 0.818 bits per heavy atom. The lowest BCUT2D eigenvalue weighted by molar-refractivity contribution is -0.134. The van der Waals surface area contributed by atoms with Gasteiger partial charge in [-0.3, -0.25) is 0 Å². The summed E-state index contributed by atoms with van der Waals surface area (Å²) in [5.74, 6) is 6.31. The van der Waals surface area contributed by atoms with E-state index < -0.39 is 0 Å². The summed E-state index contributed by atoms with van der Waals surface area (Å²) in [7, 11) is 0. The first kappa shape index (κ1) is 15.5. The van der Waals surface area contributed by atoms with E-state index in [1.165, 1.54) is 25.7 Å². The van der Waals surface area contributed by atoms with Gasteiger partial charge in [0.15, 0.2) is 0 Å². The molecule has 126 valence electrons. The number of rotatable bonds is 1. The standard InChI is InChI=1S/C22H38/c1-5-16-14-17-19-10-9-15(2)21(19,3)13-11-20(17)22(4)12-7-6-8-18(16)22/h15-20H,5-14H2,1-4H3/t15-,16?,17+,18?,19+,20+,21-,22+/m1/s1. The highest BCUT2D eigenvalue weighted by Gasteiger charge is 2.60. The van der Waals surface area contributed by atoms with Gasteiger partial charge in [-0.1, -0.05) is 47.0 Å². The Hall–Kier alpha value is 0. The molecule has 0 N–H and O–H groups in total. The zero-order chi connectivity index (χ0) is 15.5. The van der Waals surface area contributed by atoms with Crippen molar-refractivity contribution in [1.29, 1.82) is 0 Å². The summed E-state index contributed by atoms with van der Waals surface area (Å²) in [4.78, 5) is 0. The van der Waals surface area contributed by atoms with Crippen LogP contribution in [0.1, 0.15) is 91.9 Å². The number of fused-ring (bicyclic) bond motifs is 5.